The summed E-state index contributed by atoms with van der Waals surface area (Å²) in [6, 6.07) is 22.7. The molecule has 0 radical (unpaired) electrons. The summed E-state index contributed by atoms with van der Waals surface area (Å²) in [4.78, 5) is 79.4. The third-order valence-electron chi connectivity index (χ3n) is 11.2. The average molecular weight is 1010 g/mol. The Bertz CT molecular complexity index is 2470. The molecule has 2 aliphatic carbocycles. The van der Waals surface area contributed by atoms with Crippen LogP contribution in [0.3, 0.4) is 0 Å². The first-order chi connectivity index (χ1) is 35.0. The number of benzene rings is 4. The third-order valence-corrected chi connectivity index (χ3v) is 11.2. The standard InChI is InChI=1S/C20H24O4.C12H12O2.C11H14O4.C10H12O4.C4H6O2/c1-5-13(3)19(21)23-17-11-12-18(24-20(22)14(4)6-2)16-10-8-7-9-15(16)17;1-13-11-7-8-12(14-2)10-6-4-3-5-9(10)11;1-3-15-11(13)9-7-5-4-6-8(9)10(12)14-2;1-13-9(11)7-5-3-4-6-8(7)10(12)14-2;1-3-4(5)6-2/h7-14H,5-6H2,1-4H3;3-8H,1-2H3;4-9H,3H2,1-2H3;3-8H,1-2H3;3H,1H2,2H3. The Labute approximate surface area is 427 Å². The van der Waals surface area contributed by atoms with Gasteiger partial charge in [0.05, 0.1) is 84.8 Å². The number of esters is 7. The number of carbonyl (C=O) groups is 7. The molecule has 0 heterocycles. The normalized spacial score (nSPS) is 16.4. The Hall–Kier alpha value is -8.01. The van der Waals surface area contributed by atoms with Gasteiger partial charge in [0, 0.05) is 27.6 Å². The molecule has 0 bridgehead atoms. The van der Waals surface area contributed by atoms with Crippen LogP contribution in [0.2, 0.25) is 0 Å². The van der Waals surface area contributed by atoms with E-state index in [2.05, 4.69) is 25.5 Å². The molecule has 6 atom stereocenters. The lowest BCUT2D eigenvalue weighted by atomic mass is 9.88. The van der Waals surface area contributed by atoms with Crippen LogP contribution in [0, 0.1) is 35.5 Å². The average Bonchev–Trinajstić information content (AvgIpc) is 3.44. The zero-order valence-corrected chi connectivity index (χ0v) is 43.4. The fraction of sp³-hybridized carbons (Fsp3) is 0.351. The second-order valence-corrected chi connectivity index (χ2v) is 15.8. The van der Waals surface area contributed by atoms with Gasteiger partial charge < -0.3 is 42.6 Å². The molecular formula is C57H68O16. The first kappa shape index (κ1) is 61.1. The van der Waals surface area contributed by atoms with E-state index in [4.69, 9.17) is 23.7 Å². The van der Waals surface area contributed by atoms with Crippen LogP contribution in [-0.4, -0.2) is 91.1 Å². The first-order valence-electron chi connectivity index (χ1n) is 23.4. The largest absolute Gasteiger partial charge is 0.496 e. The van der Waals surface area contributed by atoms with Crippen molar-refractivity contribution < 1.29 is 76.2 Å². The zero-order chi connectivity index (χ0) is 54.5. The SMILES string of the molecule is C=CC(=O)OC.CCC(C)C(=O)Oc1ccc(OC(=O)C(C)CC)c2ccccc12.CCOC(=O)C1C=CC=CC1C(=O)OC.COC(=O)C1C=CC=CC1C(=O)OC.COc1ccc(OC)c2ccccc12. The molecule has 0 saturated heterocycles. The van der Waals surface area contributed by atoms with Gasteiger partial charge in [-0.2, -0.15) is 0 Å². The minimum atomic E-state index is -0.572. The highest BCUT2D eigenvalue weighted by atomic mass is 16.6. The minimum absolute atomic E-state index is 0.160. The smallest absolute Gasteiger partial charge is 0.329 e. The monoisotopic (exact) mass is 1010 g/mol. The molecule has 0 amide bonds. The van der Waals surface area contributed by atoms with Crippen LogP contribution in [0.1, 0.15) is 47.5 Å². The highest BCUT2D eigenvalue weighted by Crippen LogP contribution is 2.35. The number of allylic oxidation sites excluding steroid dienone is 4. The molecule has 16 nitrogen and oxygen atoms in total. The van der Waals surface area contributed by atoms with Gasteiger partial charge in [-0.3, -0.25) is 28.8 Å². The van der Waals surface area contributed by atoms with E-state index < -0.39 is 53.5 Å². The van der Waals surface area contributed by atoms with E-state index in [0.717, 1.165) is 52.0 Å². The molecule has 0 saturated carbocycles. The summed E-state index contributed by atoms with van der Waals surface area (Å²) < 4.78 is 44.4. The predicted molar refractivity (Wildman–Crippen MR) is 277 cm³/mol. The number of rotatable bonds is 14. The van der Waals surface area contributed by atoms with Gasteiger partial charge in [0.15, 0.2) is 0 Å². The maximum Gasteiger partial charge on any atom is 0.329 e. The quantitative estimate of drug-likeness (QED) is 0.0499. The topological polar surface area (TPSA) is 203 Å². The van der Waals surface area contributed by atoms with Gasteiger partial charge in [-0.15, -0.1) is 0 Å². The summed E-state index contributed by atoms with van der Waals surface area (Å²) in [6.45, 7) is 12.8. The van der Waals surface area contributed by atoms with Crippen LogP contribution in [0.5, 0.6) is 23.0 Å². The summed E-state index contributed by atoms with van der Waals surface area (Å²) in [6.07, 6.45) is 16.0. The van der Waals surface area contributed by atoms with Crippen molar-refractivity contribution in [2.45, 2.75) is 47.5 Å². The van der Waals surface area contributed by atoms with Crippen molar-refractivity contribution in [3.8, 4) is 23.0 Å². The Morgan fingerprint density at radius 2 is 0.767 bits per heavy atom. The van der Waals surface area contributed by atoms with E-state index in [0.29, 0.717) is 18.1 Å². The van der Waals surface area contributed by atoms with Gasteiger partial charge in [-0.05, 0) is 44.0 Å². The molecule has 0 fully saturated rings. The maximum absolute atomic E-state index is 12.1. The van der Waals surface area contributed by atoms with Crippen molar-refractivity contribution in [3.05, 3.63) is 134 Å². The molecule has 2 aliphatic rings. The number of methoxy groups -OCH3 is 6. The summed E-state index contributed by atoms with van der Waals surface area (Å²) >= 11 is 0. The molecule has 0 N–H and O–H groups in total. The predicted octanol–water partition coefficient (Wildman–Crippen LogP) is 9.72. The lowest BCUT2D eigenvalue weighted by Gasteiger charge is -2.19. The van der Waals surface area contributed by atoms with E-state index in [-0.39, 0.29) is 23.8 Å². The lowest BCUT2D eigenvalue weighted by molar-refractivity contribution is -0.155. The highest BCUT2D eigenvalue weighted by molar-refractivity contribution is 5.96. The fourth-order valence-corrected chi connectivity index (χ4v) is 6.62. The molecule has 16 heteroatoms. The van der Waals surface area contributed by atoms with Crippen LogP contribution in [0.25, 0.3) is 21.5 Å². The second-order valence-electron chi connectivity index (χ2n) is 15.8. The van der Waals surface area contributed by atoms with Gasteiger partial charge in [-0.25, -0.2) is 4.79 Å². The van der Waals surface area contributed by atoms with E-state index in [1.165, 1.54) is 28.4 Å². The highest BCUT2D eigenvalue weighted by Gasteiger charge is 2.34. The Balaban J connectivity index is 0.000000329. The van der Waals surface area contributed by atoms with Gasteiger partial charge in [-0.1, -0.05) is 131 Å². The fourth-order valence-electron chi connectivity index (χ4n) is 6.62. The molecule has 6 rings (SSSR count). The molecule has 392 valence electrons. The second kappa shape index (κ2) is 32.8. The van der Waals surface area contributed by atoms with Crippen LogP contribution in [0.15, 0.2) is 134 Å². The number of ether oxygens (including phenoxy) is 9. The molecule has 0 aromatic heterocycles. The Morgan fingerprint density at radius 1 is 0.466 bits per heavy atom. The van der Waals surface area contributed by atoms with E-state index in [1.54, 1.807) is 81.9 Å². The van der Waals surface area contributed by atoms with E-state index in [9.17, 15) is 33.6 Å². The van der Waals surface area contributed by atoms with Crippen molar-refractivity contribution in [1.29, 1.82) is 0 Å². The molecule has 6 unspecified atom stereocenters. The van der Waals surface area contributed by atoms with Gasteiger partial charge in [0.1, 0.15) is 23.0 Å². The van der Waals surface area contributed by atoms with Crippen molar-refractivity contribution >= 4 is 63.3 Å². The molecule has 4 aromatic carbocycles. The lowest BCUT2D eigenvalue weighted by Crippen LogP contribution is -2.30. The maximum atomic E-state index is 12.1. The Kier molecular flexibility index (Phi) is 27.5. The molecule has 0 aliphatic heterocycles. The van der Waals surface area contributed by atoms with Crippen LogP contribution >= 0.6 is 0 Å². The minimum Gasteiger partial charge on any atom is -0.496 e. The number of hydrogen-bond donors (Lipinski definition) is 0. The van der Waals surface area contributed by atoms with Crippen LogP contribution in [-0.2, 0) is 57.2 Å². The Morgan fingerprint density at radius 3 is 1.01 bits per heavy atom. The van der Waals surface area contributed by atoms with Gasteiger partial charge >= 0.3 is 41.8 Å². The molecular weight excluding hydrogens is 941 g/mol. The first-order valence-corrected chi connectivity index (χ1v) is 23.4. The third kappa shape index (κ3) is 18.6. The zero-order valence-electron chi connectivity index (χ0n) is 43.4. The van der Waals surface area contributed by atoms with Crippen molar-refractivity contribution in [3.63, 3.8) is 0 Å². The molecule has 0 spiro atoms. The van der Waals surface area contributed by atoms with E-state index >= 15 is 0 Å². The van der Waals surface area contributed by atoms with Gasteiger partial charge in [0.25, 0.3) is 0 Å². The summed E-state index contributed by atoms with van der Waals surface area (Å²) in [5.74, 6) is -2.46. The molecule has 4 aromatic rings. The summed E-state index contributed by atoms with van der Waals surface area (Å²) in [5.41, 5.74) is 0. The number of hydrogen-bond acceptors (Lipinski definition) is 16. The van der Waals surface area contributed by atoms with Crippen LogP contribution < -0.4 is 18.9 Å². The van der Waals surface area contributed by atoms with E-state index in [1.807, 2.05) is 88.4 Å². The summed E-state index contributed by atoms with van der Waals surface area (Å²) in [5, 5.41) is 3.66. The van der Waals surface area contributed by atoms with Crippen LogP contribution in [0.4, 0.5) is 0 Å². The number of carbonyl (C=O) groups excluding carboxylic acids is 7. The molecule has 73 heavy (non-hydrogen) atoms. The van der Waals surface area contributed by atoms with Crippen molar-refractivity contribution in [1.82, 2.24) is 0 Å². The van der Waals surface area contributed by atoms with Crippen molar-refractivity contribution in [2.24, 2.45) is 35.5 Å². The van der Waals surface area contributed by atoms with Crippen molar-refractivity contribution in [2.75, 3.05) is 49.3 Å². The summed E-state index contributed by atoms with van der Waals surface area (Å²) in [7, 11) is 8.55. The number of fused-ring (bicyclic) bond motifs is 2. The van der Waals surface area contributed by atoms with Gasteiger partial charge in [0.2, 0.25) is 0 Å².